The molecule has 0 unspecified atom stereocenters. The molecule has 1 aliphatic heterocycles. The fraction of sp³-hybridized carbons (Fsp3) is 0.280. The van der Waals surface area contributed by atoms with Crippen molar-refractivity contribution in [3.05, 3.63) is 89.1 Å². The van der Waals surface area contributed by atoms with E-state index < -0.39 is 17.5 Å². The number of aromatic nitrogens is 2. The maximum atomic E-state index is 15.1. The first-order chi connectivity index (χ1) is 16.4. The van der Waals surface area contributed by atoms with E-state index in [1.165, 1.54) is 37.3 Å². The number of ketones is 1. The first-order valence-corrected chi connectivity index (χ1v) is 11.7. The lowest BCUT2D eigenvalue weighted by Crippen LogP contribution is -2.44. The molecular formula is C25H25FN4O3S. The third kappa shape index (κ3) is 5.26. The summed E-state index contributed by atoms with van der Waals surface area (Å²) >= 11 is 1.38. The minimum absolute atomic E-state index is 0.0356. The van der Waals surface area contributed by atoms with Crippen LogP contribution in [0.25, 0.3) is 0 Å². The summed E-state index contributed by atoms with van der Waals surface area (Å²) < 4.78 is 26.3. The predicted molar refractivity (Wildman–Crippen MR) is 129 cm³/mol. The number of benzene rings is 2. The molecule has 2 N–H and O–H groups in total. The van der Waals surface area contributed by atoms with Gasteiger partial charge in [0.2, 0.25) is 5.88 Å². The highest BCUT2D eigenvalue weighted by molar-refractivity contribution is 8.13. The Labute approximate surface area is 201 Å². The zero-order valence-electron chi connectivity index (χ0n) is 18.9. The third-order valence-electron chi connectivity index (χ3n) is 5.71. The van der Waals surface area contributed by atoms with E-state index >= 15 is 4.39 Å². The Morgan fingerprint density at radius 3 is 2.68 bits per heavy atom. The van der Waals surface area contributed by atoms with Crippen LogP contribution >= 0.6 is 11.8 Å². The van der Waals surface area contributed by atoms with Gasteiger partial charge in [0, 0.05) is 17.7 Å². The van der Waals surface area contributed by atoms with Crippen LogP contribution < -0.4 is 10.5 Å². The van der Waals surface area contributed by atoms with Crippen LogP contribution in [-0.4, -0.2) is 39.9 Å². The summed E-state index contributed by atoms with van der Waals surface area (Å²) in [6.07, 6.45) is 2.37. The Balaban J connectivity index is 1.59. The van der Waals surface area contributed by atoms with Crippen LogP contribution in [0.5, 0.6) is 5.88 Å². The summed E-state index contributed by atoms with van der Waals surface area (Å²) in [5.74, 6) is 0.181. The van der Waals surface area contributed by atoms with E-state index in [2.05, 4.69) is 15.0 Å². The molecule has 0 fully saturated rings. The fourth-order valence-electron chi connectivity index (χ4n) is 3.78. The highest BCUT2D eigenvalue weighted by atomic mass is 32.2. The van der Waals surface area contributed by atoms with Crippen molar-refractivity contribution in [3.63, 3.8) is 0 Å². The second-order valence-corrected chi connectivity index (χ2v) is 9.09. The zero-order valence-corrected chi connectivity index (χ0v) is 19.7. The lowest BCUT2D eigenvalue weighted by atomic mass is 9.85. The average Bonchev–Trinajstić information content (AvgIpc) is 2.85. The molecule has 1 aromatic heterocycles. The number of hydrogen-bond acceptors (Lipinski definition) is 8. The summed E-state index contributed by atoms with van der Waals surface area (Å²) in [7, 11) is 1.47. The van der Waals surface area contributed by atoms with E-state index in [0.29, 0.717) is 34.5 Å². The Kier molecular flexibility index (Phi) is 7.23. The van der Waals surface area contributed by atoms with Gasteiger partial charge in [-0.05, 0) is 30.2 Å². The van der Waals surface area contributed by atoms with Crippen LogP contribution in [0.2, 0.25) is 0 Å². The lowest BCUT2D eigenvalue weighted by Gasteiger charge is -2.38. The number of thioether (sulfide) groups is 1. The molecule has 2 heterocycles. The van der Waals surface area contributed by atoms with E-state index in [9.17, 15) is 4.79 Å². The van der Waals surface area contributed by atoms with Gasteiger partial charge in [-0.25, -0.2) is 19.4 Å². The van der Waals surface area contributed by atoms with E-state index in [1.807, 2.05) is 37.3 Å². The second kappa shape index (κ2) is 10.3. The number of nitrogens with two attached hydrogens (primary N) is 1. The van der Waals surface area contributed by atoms with Gasteiger partial charge in [0.05, 0.1) is 32.2 Å². The summed E-state index contributed by atoms with van der Waals surface area (Å²) in [4.78, 5) is 25.5. The van der Waals surface area contributed by atoms with Crippen LogP contribution in [0.15, 0.2) is 65.9 Å². The molecule has 4 rings (SSSR count). The van der Waals surface area contributed by atoms with E-state index in [4.69, 9.17) is 15.2 Å². The van der Waals surface area contributed by atoms with Crippen LogP contribution in [-0.2, 0) is 23.3 Å². The minimum Gasteiger partial charge on any atom is -0.480 e. The van der Waals surface area contributed by atoms with Gasteiger partial charge in [-0.3, -0.25) is 4.79 Å². The van der Waals surface area contributed by atoms with Gasteiger partial charge in [0.1, 0.15) is 17.1 Å². The lowest BCUT2D eigenvalue weighted by molar-refractivity contribution is 0.00644. The van der Waals surface area contributed by atoms with Crippen molar-refractivity contribution in [2.45, 2.75) is 31.6 Å². The minimum atomic E-state index is -1.05. The quantitative estimate of drug-likeness (QED) is 0.488. The highest BCUT2D eigenvalue weighted by Crippen LogP contribution is 2.39. The second-order valence-electron chi connectivity index (χ2n) is 8.05. The van der Waals surface area contributed by atoms with E-state index in [1.54, 1.807) is 12.1 Å². The Hall–Kier alpha value is -3.30. The molecule has 9 heteroatoms. The van der Waals surface area contributed by atoms with Crippen molar-refractivity contribution in [3.8, 4) is 5.88 Å². The molecule has 7 nitrogen and oxygen atoms in total. The fourth-order valence-corrected chi connectivity index (χ4v) is 4.78. The molecule has 0 spiro atoms. The van der Waals surface area contributed by atoms with E-state index in [-0.39, 0.29) is 17.9 Å². The highest BCUT2D eigenvalue weighted by Gasteiger charge is 2.42. The Morgan fingerprint density at radius 1 is 1.18 bits per heavy atom. The van der Waals surface area contributed by atoms with E-state index in [0.717, 1.165) is 5.56 Å². The van der Waals surface area contributed by atoms with Gasteiger partial charge >= 0.3 is 0 Å². The number of methoxy groups -OCH3 is 1. The van der Waals surface area contributed by atoms with Crippen molar-refractivity contribution >= 4 is 22.7 Å². The maximum Gasteiger partial charge on any atom is 0.232 e. The zero-order chi connectivity index (χ0) is 24.1. The number of ether oxygens (including phenoxy) is 2. The summed E-state index contributed by atoms with van der Waals surface area (Å²) in [6.45, 7) is 2.18. The number of aliphatic imine (C=N–C) groups is 1. The maximum absolute atomic E-state index is 15.1. The first-order valence-electron chi connectivity index (χ1n) is 10.7. The largest absolute Gasteiger partial charge is 0.480 e. The average molecular weight is 481 g/mol. The van der Waals surface area contributed by atoms with Crippen LogP contribution in [0.4, 0.5) is 4.39 Å². The number of nitrogens with zero attached hydrogens (tertiary/aromatic N) is 3. The van der Waals surface area contributed by atoms with Crippen molar-refractivity contribution in [2.24, 2.45) is 10.7 Å². The van der Waals surface area contributed by atoms with Gasteiger partial charge in [0.15, 0.2) is 11.0 Å². The van der Waals surface area contributed by atoms with Crippen molar-refractivity contribution < 1.29 is 18.7 Å². The molecule has 34 heavy (non-hydrogen) atoms. The van der Waals surface area contributed by atoms with Gasteiger partial charge in [-0.1, -0.05) is 48.2 Å². The third-order valence-corrected chi connectivity index (χ3v) is 6.57. The molecule has 0 saturated carbocycles. The molecule has 1 aliphatic rings. The van der Waals surface area contributed by atoms with Crippen LogP contribution in [0.1, 0.15) is 34.1 Å². The number of Topliss-reactive ketones (excluding diaryl/α,β-unsaturated/α-hetero) is 1. The van der Waals surface area contributed by atoms with Crippen LogP contribution in [0.3, 0.4) is 0 Å². The smallest absolute Gasteiger partial charge is 0.232 e. The molecule has 3 aromatic rings. The number of carbonyl (C=O) groups is 1. The molecule has 0 bridgehead atoms. The topological polar surface area (TPSA) is 99.7 Å². The number of hydrogen-bond donors (Lipinski definition) is 1. The normalized spacial score (nSPS) is 20.0. The number of amidine groups is 1. The molecule has 0 aliphatic carbocycles. The molecule has 0 saturated heterocycles. The predicted octanol–water partition coefficient (Wildman–Crippen LogP) is 3.91. The van der Waals surface area contributed by atoms with Crippen molar-refractivity contribution in [1.29, 1.82) is 0 Å². The summed E-state index contributed by atoms with van der Waals surface area (Å²) in [6, 6.07) is 14.4. The molecule has 0 amide bonds. The Morgan fingerprint density at radius 2 is 1.97 bits per heavy atom. The van der Waals surface area contributed by atoms with Crippen molar-refractivity contribution in [2.75, 3.05) is 12.9 Å². The standard InChI is InChI=1S/C25H25FN4O3S/c1-25(22(15-34-24(27)30-25)33-14-16-6-4-3-5-7-16)18-10-17(8-9-19(18)26)11-21(31)20-12-29-23(32-2)13-28-20/h3-10,12-13,22H,11,14-15H2,1-2H3,(H2,27,30)/t22-,25+/m0/s1. The summed E-state index contributed by atoms with van der Waals surface area (Å²) in [5.41, 5.74) is 7.18. The van der Waals surface area contributed by atoms with Crippen molar-refractivity contribution in [1.82, 2.24) is 9.97 Å². The molecular weight excluding hydrogens is 455 g/mol. The SMILES string of the molecule is COc1cnc(C(=O)Cc2ccc(F)c([C@@]3(C)N=C(N)SC[C@@H]3OCc3ccccc3)c2)cn1. The van der Waals surface area contributed by atoms with Gasteiger partial charge in [-0.15, -0.1) is 0 Å². The van der Waals surface area contributed by atoms with Gasteiger partial charge < -0.3 is 15.2 Å². The first kappa shape index (κ1) is 23.8. The Bertz CT molecular complexity index is 1190. The van der Waals surface area contributed by atoms with Gasteiger partial charge in [0.25, 0.3) is 0 Å². The monoisotopic (exact) mass is 480 g/mol. The molecule has 2 aromatic carbocycles. The summed E-state index contributed by atoms with van der Waals surface area (Å²) in [5, 5.41) is 0.372. The molecule has 176 valence electrons. The number of carbonyl (C=O) groups excluding carboxylic acids is 1. The number of rotatable bonds is 8. The van der Waals surface area contributed by atoms with Crippen LogP contribution in [0, 0.1) is 5.82 Å². The molecule has 2 atom stereocenters. The molecule has 0 radical (unpaired) electrons. The van der Waals surface area contributed by atoms with Gasteiger partial charge in [-0.2, -0.15) is 0 Å². The number of halogens is 1.